The van der Waals surface area contributed by atoms with Crippen LogP contribution in [-0.2, 0) is 6.54 Å². The number of alkyl halides is 1. The maximum atomic E-state index is 6.01. The van der Waals surface area contributed by atoms with E-state index >= 15 is 0 Å². The van der Waals surface area contributed by atoms with Crippen molar-refractivity contribution in [2.24, 2.45) is 5.92 Å². The van der Waals surface area contributed by atoms with Crippen molar-refractivity contribution in [2.45, 2.75) is 31.8 Å². The second-order valence-electron chi connectivity index (χ2n) is 5.37. The van der Waals surface area contributed by atoms with E-state index in [-0.39, 0.29) is 0 Å². The Morgan fingerprint density at radius 3 is 3.05 bits per heavy atom. The Morgan fingerprint density at radius 2 is 2.16 bits per heavy atom. The molecular weight excluding hydrogens is 256 g/mol. The lowest BCUT2D eigenvalue weighted by atomic mass is 10.1. The van der Waals surface area contributed by atoms with Gasteiger partial charge in [0.25, 0.3) is 0 Å². The molecule has 1 aromatic carbocycles. The fraction of sp³-hybridized carbons (Fsp3) is 0.438. The summed E-state index contributed by atoms with van der Waals surface area (Å²) in [6, 6.07) is 11.0. The Morgan fingerprint density at radius 1 is 1.26 bits per heavy atom. The molecule has 1 aliphatic carbocycles. The van der Waals surface area contributed by atoms with Crippen molar-refractivity contribution in [1.82, 2.24) is 10.3 Å². The zero-order valence-corrected chi connectivity index (χ0v) is 11.7. The summed E-state index contributed by atoms with van der Waals surface area (Å²) in [5.74, 6) is 1.41. The molecule has 0 saturated heterocycles. The van der Waals surface area contributed by atoms with Gasteiger partial charge in [0.1, 0.15) is 0 Å². The number of fused-ring (bicyclic) bond motifs is 1. The zero-order valence-electron chi connectivity index (χ0n) is 11.0. The molecular formula is C16H19ClN2. The van der Waals surface area contributed by atoms with Gasteiger partial charge in [0.05, 0.1) is 5.52 Å². The highest BCUT2D eigenvalue weighted by atomic mass is 35.5. The molecule has 3 rings (SSSR count). The number of aromatic nitrogens is 1. The van der Waals surface area contributed by atoms with Crippen molar-refractivity contribution < 1.29 is 0 Å². The average molecular weight is 275 g/mol. The van der Waals surface area contributed by atoms with Crippen molar-refractivity contribution in [3.8, 4) is 0 Å². The van der Waals surface area contributed by atoms with E-state index in [0.717, 1.165) is 17.9 Å². The van der Waals surface area contributed by atoms with Gasteiger partial charge in [-0.3, -0.25) is 4.98 Å². The molecule has 1 fully saturated rings. The summed E-state index contributed by atoms with van der Waals surface area (Å²) in [5, 5.41) is 4.85. The van der Waals surface area contributed by atoms with Gasteiger partial charge in [0.2, 0.25) is 0 Å². The summed E-state index contributed by atoms with van der Waals surface area (Å²) >= 11 is 6.01. The minimum Gasteiger partial charge on any atom is -0.310 e. The van der Waals surface area contributed by atoms with Gasteiger partial charge in [-0.25, -0.2) is 0 Å². The van der Waals surface area contributed by atoms with Gasteiger partial charge in [0, 0.05) is 30.0 Å². The van der Waals surface area contributed by atoms with Gasteiger partial charge in [-0.2, -0.15) is 0 Å². The van der Waals surface area contributed by atoms with Crippen LogP contribution in [0.15, 0.2) is 36.5 Å². The Hall–Kier alpha value is -1.12. The smallest absolute Gasteiger partial charge is 0.0702 e. The van der Waals surface area contributed by atoms with Crippen LogP contribution in [0.25, 0.3) is 10.9 Å². The molecule has 2 unspecified atom stereocenters. The van der Waals surface area contributed by atoms with Crippen molar-refractivity contribution in [1.29, 1.82) is 0 Å². The van der Waals surface area contributed by atoms with Crippen molar-refractivity contribution >= 4 is 22.5 Å². The predicted molar refractivity (Wildman–Crippen MR) is 80.4 cm³/mol. The Kier molecular flexibility index (Phi) is 4.00. The lowest BCUT2D eigenvalue weighted by Crippen LogP contribution is -2.32. The maximum absolute atomic E-state index is 6.01. The Labute approximate surface area is 119 Å². The molecule has 0 radical (unpaired) electrons. The minimum atomic E-state index is 0.573. The van der Waals surface area contributed by atoms with Gasteiger partial charge in [0.15, 0.2) is 0 Å². The van der Waals surface area contributed by atoms with E-state index in [1.165, 1.54) is 30.2 Å². The normalized spacial score (nSPS) is 23.0. The molecule has 2 nitrogen and oxygen atoms in total. The highest BCUT2D eigenvalue weighted by molar-refractivity contribution is 6.18. The molecule has 0 amide bonds. The maximum Gasteiger partial charge on any atom is 0.0702 e. The van der Waals surface area contributed by atoms with Crippen LogP contribution in [0.1, 0.15) is 24.8 Å². The highest BCUT2D eigenvalue weighted by Gasteiger charge is 2.25. The molecule has 1 aromatic heterocycles. The highest BCUT2D eigenvalue weighted by Crippen LogP contribution is 2.26. The first kappa shape index (κ1) is 12.9. The van der Waals surface area contributed by atoms with Gasteiger partial charge < -0.3 is 5.32 Å². The summed E-state index contributed by atoms with van der Waals surface area (Å²) in [4.78, 5) is 4.50. The molecule has 2 aromatic rings. The number of nitrogens with zero attached hydrogens (tertiary/aromatic N) is 1. The summed E-state index contributed by atoms with van der Waals surface area (Å²) in [5.41, 5.74) is 2.31. The number of para-hydroxylation sites is 1. The van der Waals surface area contributed by atoms with Gasteiger partial charge in [-0.1, -0.05) is 24.6 Å². The summed E-state index contributed by atoms with van der Waals surface area (Å²) < 4.78 is 0. The van der Waals surface area contributed by atoms with Crippen LogP contribution in [0.3, 0.4) is 0 Å². The number of hydrogen-bond acceptors (Lipinski definition) is 2. The summed E-state index contributed by atoms with van der Waals surface area (Å²) in [7, 11) is 0. The van der Waals surface area contributed by atoms with E-state index in [1.807, 2.05) is 18.3 Å². The first-order valence-corrected chi connectivity index (χ1v) is 7.53. The van der Waals surface area contributed by atoms with E-state index in [0.29, 0.717) is 12.0 Å². The van der Waals surface area contributed by atoms with Gasteiger partial charge in [-0.15, -0.1) is 11.6 Å². The molecule has 1 heterocycles. The lowest BCUT2D eigenvalue weighted by Gasteiger charge is -2.18. The van der Waals surface area contributed by atoms with Gasteiger partial charge >= 0.3 is 0 Å². The summed E-state index contributed by atoms with van der Waals surface area (Å²) in [6.07, 6.45) is 5.78. The van der Waals surface area contributed by atoms with E-state index in [9.17, 15) is 0 Å². The SMILES string of the molecule is ClCC1CCCC1NCc1cnc2ccccc2c1. The molecule has 2 atom stereocenters. The van der Waals surface area contributed by atoms with E-state index < -0.39 is 0 Å². The number of halogens is 1. The molecule has 1 N–H and O–H groups in total. The van der Waals surface area contributed by atoms with Crippen molar-refractivity contribution in [3.63, 3.8) is 0 Å². The third kappa shape index (κ3) is 2.90. The minimum absolute atomic E-state index is 0.573. The Bertz CT molecular complexity index is 555. The third-order valence-electron chi connectivity index (χ3n) is 4.07. The van der Waals surface area contributed by atoms with Crippen LogP contribution in [0.2, 0.25) is 0 Å². The molecule has 100 valence electrons. The quantitative estimate of drug-likeness (QED) is 0.860. The largest absolute Gasteiger partial charge is 0.310 e. The Balaban J connectivity index is 1.68. The van der Waals surface area contributed by atoms with Gasteiger partial charge in [-0.05, 0) is 36.5 Å². The third-order valence-corrected chi connectivity index (χ3v) is 4.47. The predicted octanol–water partition coefficient (Wildman–Crippen LogP) is 3.73. The molecule has 1 saturated carbocycles. The number of nitrogens with one attached hydrogen (secondary N) is 1. The van der Waals surface area contributed by atoms with Crippen LogP contribution in [-0.4, -0.2) is 16.9 Å². The fourth-order valence-electron chi connectivity index (χ4n) is 2.95. The van der Waals surface area contributed by atoms with Crippen LogP contribution < -0.4 is 5.32 Å². The lowest BCUT2D eigenvalue weighted by molar-refractivity contribution is 0.429. The second-order valence-corrected chi connectivity index (χ2v) is 5.68. The van der Waals surface area contributed by atoms with Crippen LogP contribution in [0.4, 0.5) is 0 Å². The topological polar surface area (TPSA) is 24.9 Å². The van der Waals surface area contributed by atoms with Crippen LogP contribution in [0, 0.1) is 5.92 Å². The second kappa shape index (κ2) is 5.89. The van der Waals surface area contributed by atoms with Crippen molar-refractivity contribution in [3.05, 3.63) is 42.1 Å². The monoisotopic (exact) mass is 274 g/mol. The fourth-order valence-corrected chi connectivity index (χ4v) is 3.32. The van der Waals surface area contributed by atoms with Crippen LogP contribution >= 0.6 is 11.6 Å². The number of rotatable bonds is 4. The summed E-state index contributed by atoms with van der Waals surface area (Å²) in [6.45, 7) is 0.885. The number of pyridine rings is 1. The number of hydrogen-bond donors (Lipinski definition) is 1. The first-order chi connectivity index (χ1) is 9.36. The first-order valence-electron chi connectivity index (χ1n) is 7.00. The molecule has 19 heavy (non-hydrogen) atoms. The average Bonchev–Trinajstić information content (AvgIpc) is 2.92. The molecule has 0 bridgehead atoms. The van der Waals surface area contributed by atoms with E-state index in [4.69, 9.17) is 11.6 Å². The molecule has 0 aliphatic heterocycles. The van der Waals surface area contributed by atoms with E-state index in [2.05, 4.69) is 28.5 Å². The molecule has 1 aliphatic rings. The van der Waals surface area contributed by atoms with Crippen LogP contribution in [0.5, 0.6) is 0 Å². The number of benzene rings is 1. The van der Waals surface area contributed by atoms with Crippen molar-refractivity contribution in [2.75, 3.05) is 5.88 Å². The zero-order chi connectivity index (χ0) is 13.1. The molecule has 0 spiro atoms. The standard InChI is InChI=1S/C16H19ClN2/c17-9-14-5-3-7-16(14)19-11-12-8-13-4-1-2-6-15(13)18-10-12/h1-2,4,6,8,10,14,16,19H,3,5,7,9,11H2. The molecule has 3 heteroatoms. The van der Waals surface area contributed by atoms with E-state index in [1.54, 1.807) is 0 Å².